The molecule has 3 nitrogen and oxygen atoms in total. The first-order chi connectivity index (χ1) is 8.83. The molecule has 1 aromatic rings. The number of sulfone groups is 1. The summed E-state index contributed by atoms with van der Waals surface area (Å²) >= 11 is 5.73. The molecule has 0 aliphatic heterocycles. The molecule has 0 fully saturated rings. The molecule has 0 bridgehead atoms. The molecule has 108 valence electrons. The Bertz CT molecular complexity index is 519. The first-order valence-electron chi connectivity index (χ1n) is 6.17. The summed E-state index contributed by atoms with van der Waals surface area (Å²) in [4.78, 5) is 0. The Hall–Kier alpha value is -0.650. The molecule has 1 N–H and O–H groups in total. The second kappa shape index (κ2) is 7.22. The van der Waals surface area contributed by atoms with Crippen molar-refractivity contribution in [3.8, 4) is 0 Å². The molecule has 1 rings (SSSR count). The summed E-state index contributed by atoms with van der Waals surface area (Å²) in [6, 6.07) is 4.79. The van der Waals surface area contributed by atoms with Gasteiger partial charge >= 0.3 is 0 Å². The summed E-state index contributed by atoms with van der Waals surface area (Å²) in [6.07, 6.45) is 2.09. The number of nitrogens with one attached hydrogen (secondary N) is 1. The Labute approximate surface area is 119 Å². The normalized spacial score (nSPS) is 13.5. The van der Waals surface area contributed by atoms with Crippen LogP contribution in [0.2, 0.25) is 5.02 Å². The zero-order valence-corrected chi connectivity index (χ0v) is 12.7. The summed E-state index contributed by atoms with van der Waals surface area (Å²) in [6.45, 7) is 2.64. The lowest BCUT2D eigenvalue weighted by Gasteiger charge is -2.18. The second-order valence-corrected chi connectivity index (χ2v) is 7.26. The van der Waals surface area contributed by atoms with Crippen LogP contribution in [0, 0.1) is 5.82 Å². The minimum Gasteiger partial charge on any atom is -0.314 e. The van der Waals surface area contributed by atoms with Crippen molar-refractivity contribution >= 4 is 21.4 Å². The fraction of sp³-hybridized carbons (Fsp3) is 0.538. The van der Waals surface area contributed by atoms with Crippen LogP contribution >= 0.6 is 11.6 Å². The molecular weight excluding hydrogens is 289 g/mol. The van der Waals surface area contributed by atoms with Crippen LogP contribution in [-0.4, -0.2) is 33.0 Å². The Kier molecular flexibility index (Phi) is 6.23. The lowest BCUT2D eigenvalue weighted by atomic mass is 10.0. The molecule has 0 aliphatic rings. The van der Waals surface area contributed by atoms with Crippen molar-refractivity contribution in [3.05, 3.63) is 34.6 Å². The van der Waals surface area contributed by atoms with E-state index in [2.05, 4.69) is 5.32 Å². The number of halogens is 2. The Morgan fingerprint density at radius 3 is 2.68 bits per heavy atom. The third-order valence-corrected chi connectivity index (χ3v) is 4.10. The summed E-state index contributed by atoms with van der Waals surface area (Å²) in [7, 11) is -3.01. The van der Waals surface area contributed by atoms with Crippen LogP contribution in [0.15, 0.2) is 18.2 Å². The fourth-order valence-corrected chi connectivity index (χ4v) is 2.80. The van der Waals surface area contributed by atoms with Gasteiger partial charge in [0, 0.05) is 12.3 Å². The lowest BCUT2D eigenvalue weighted by molar-refractivity contribution is 0.493. The van der Waals surface area contributed by atoms with Gasteiger partial charge in [0.1, 0.15) is 15.7 Å². The zero-order chi connectivity index (χ0) is 14.5. The molecule has 0 radical (unpaired) electrons. The maximum Gasteiger partial charge on any atom is 0.147 e. The molecule has 1 unspecified atom stereocenters. The SMILES string of the molecule is CCNC(CCS(C)(=O)=O)Cc1cccc(Cl)c1F. The van der Waals surface area contributed by atoms with Crippen LogP contribution in [0.5, 0.6) is 0 Å². The largest absolute Gasteiger partial charge is 0.314 e. The van der Waals surface area contributed by atoms with Gasteiger partial charge in [-0.3, -0.25) is 0 Å². The quantitative estimate of drug-likeness (QED) is 0.841. The van der Waals surface area contributed by atoms with Crippen LogP contribution in [0.25, 0.3) is 0 Å². The van der Waals surface area contributed by atoms with E-state index in [1.54, 1.807) is 12.1 Å². The van der Waals surface area contributed by atoms with Crippen LogP contribution in [0.1, 0.15) is 18.9 Å². The van der Waals surface area contributed by atoms with Crippen LogP contribution in [0.4, 0.5) is 4.39 Å². The maximum atomic E-state index is 13.8. The Balaban J connectivity index is 2.75. The lowest BCUT2D eigenvalue weighted by Crippen LogP contribution is -2.33. The molecule has 0 amide bonds. The Morgan fingerprint density at radius 1 is 1.42 bits per heavy atom. The number of hydrogen-bond acceptors (Lipinski definition) is 3. The highest BCUT2D eigenvalue weighted by Gasteiger charge is 2.15. The molecule has 0 saturated carbocycles. The van der Waals surface area contributed by atoms with Gasteiger partial charge in [0.25, 0.3) is 0 Å². The van der Waals surface area contributed by atoms with Gasteiger partial charge in [-0.25, -0.2) is 12.8 Å². The van der Waals surface area contributed by atoms with Crippen LogP contribution < -0.4 is 5.32 Å². The van der Waals surface area contributed by atoms with Gasteiger partial charge in [-0.05, 0) is 31.0 Å². The minimum absolute atomic E-state index is 0.0762. The minimum atomic E-state index is -3.01. The van der Waals surface area contributed by atoms with Gasteiger partial charge in [0.2, 0.25) is 0 Å². The molecule has 1 aromatic carbocycles. The average molecular weight is 308 g/mol. The molecule has 0 aliphatic carbocycles. The van der Waals surface area contributed by atoms with E-state index in [-0.39, 0.29) is 16.8 Å². The maximum absolute atomic E-state index is 13.8. The van der Waals surface area contributed by atoms with Gasteiger partial charge in [-0.1, -0.05) is 30.7 Å². The van der Waals surface area contributed by atoms with E-state index in [0.29, 0.717) is 24.9 Å². The molecule has 0 aromatic heterocycles. The molecule has 19 heavy (non-hydrogen) atoms. The monoisotopic (exact) mass is 307 g/mol. The average Bonchev–Trinajstić information content (AvgIpc) is 2.31. The number of hydrogen-bond donors (Lipinski definition) is 1. The van der Waals surface area contributed by atoms with E-state index in [9.17, 15) is 12.8 Å². The summed E-state index contributed by atoms with van der Waals surface area (Å²) in [5.41, 5.74) is 0.506. The molecule has 0 spiro atoms. The van der Waals surface area contributed by atoms with E-state index in [0.717, 1.165) is 0 Å². The van der Waals surface area contributed by atoms with E-state index in [4.69, 9.17) is 11.6 Å². The zero-order valence-electron chi connectivity index (χ0n) is 11.1. The van der Waals surface area contributed by atoms with E-state index in [1.807, 2.05) is 6.92 Å². The standard InChI is InChI=1S/C13H19ClFNO2S/c1-3-16-11(7-8-19(2,17)18)9-10-5-4-6-12(14)13(10)15/h4-6,11,16H,3,7-9H2,1-2H3. The molecule has 1 atom stereocenters. The number of rotatable bonds is 7. The first-order valence-corrected chi connectivity index (χ1v) is 8.61. The Morgan fingerprint density at radius 2 is 2.11 bits per heavy atom. The van der Waals surface area contributed by atoms with Crippen molar-refractivity contribution in [2.24, 2.45) is 0 Å². The van der Waals surface area contributed by atoms with Crippen molar-refractivity contribution < 1.29 is 12.8 Å². The topological polar surface area (TPSA) is 46.2 Å². The number of likely N-dealkylation sites (N-methyl/N-ethyl adjacent to an activating group) is 1. The van der Waals surface area contributed by atoms with Gasteiger partial charge in [0.05, 0.1) is 10.8 Å². The fourth-order valence-electron chi connectivity index (χ4n) is 1.89. The third kappa shape index (κ3) is 5.89. The highest BCUT2D eigenvalue weighted by Crippen LogP contribution is 2.19. The predicted octanol–water partition coefficient (Wildman–Crippen LogP) is 2.43. The summed E-state index contributed by atoms with van der Waals surface area (Å²) < 4.78 is 36.2. The summed E-state index contributed by atoms with van der Waals surface area (Å²) in [5.74, 6) is -0.334. The highest BCUT2D eigenvalue weighted by molar-refractivity contribution is 7.90. The van der Waals surface area contributed by atoms with Crippen molar-refractivity contribution in [2.45, 2.75) is 25.8 Å². The van der Waals surface area contributed by atoms with Crippen molar-refractivity contribution in [2.75, 3.05) is 18.6 Å². The molecule has 0 heterocycles. The molecule has 6 heteroatoms. The van der Waals surface area contributed by atoms with Crippen LogP contribution in [-0.2, 0) is 16.3 Å². The smallest absolute Gasteiger partial charge is 0.147 e. The van der Waals surface area contributed by atoms with E-state index < -0.39 is 15.7 Å². The summed E-state index contributed by atoms with van der Waals surface area (Å²) in [5, 5.41) is 3.27. The first kappa shape index (κ1) is 16.4. The van der Waals surface area contributed by atoms with Crippen molar-refractivity contribution in [3.63, 3.8) is 0 Å². The van der Waals surface area contributed by atoms with Gasteiger partial charge in [-0.2, -0.15) is 0 Å². The second-order valence-electron chi connectivity index (χ2n) is 4.59. The van der Waals surface area contributed by atoms with Gasteiger partial charge in [-0.15, -0.1) is 0 Å². The predicted molar refractivity (Wildman–Crippen MR) is 76.9 cm³/mol. The van der Waals surface area contributed by atoms with Gasteiger partial charge < -0.3 is 5.32 Å². The third-order valence-electron chi connectivity index (χ3n) is 2.83. The molecule has 0 saturated heterocycles. The number of benzene rings is 1. The molecular formula is C13H19ClFNO2S. The van der Waals surface area contributed by atoms with Crippen LogP contribution in [0.3, 0.4) is 0 Å². The van der Waals surface area contributed by atoms with E-state index >= 15 is 0 Å². The van der Waals surface area contributed by atoms with Gasteiger partial charge in [0.15, 0.2) is 0 Å². The highest BCUT2D eigenvalue weighted by atomic mass is 35.5. The van der Waals surface area contributed by atoms with E-state index in [1.165, 1.54) is 12.3 Å². The van der Waals surface area contributed by atoms with Crippen molar-refractivity contribution in [1.82, 2.24) is 5.32 Å². The van der Waals surface area contributed by atoms with Crippen molar-refractivity contribution in [1.29, 1.82) is 0 Å².